The number of fused-ring (bicyclic) bond motifs is 1. The number of nitrogens with one attached hydrogen (secondary N) is 2. The predicted octanol–water partition coefficient (Wildman–Crippen LogP) is 2.02. The lowest BCUT2D eigenvalue weighted by Gasteiger charge is -2.15. The van der Waals surface area contributed by atoms with Crippen LogP contribution < -0.4 is 10.6 Å². The second-order valence-corrected chi connectivity index (χ2v) is 10.2. The molecule has 6 nitrogen and oxygen atoms in total. The highest BCUT2D eigenvalue weighted by Crippen LogP contribution is 2.31. The number of benzene rings is 1. The Morgan fingerprint density at radius 1 is 1.37 bits per heavy atom. The molecule has 2 unspecified atom stereocenters. The SMILES string of the molecule is Cc1c(C(=O)NC(C)C(=O)NCC2CCS(=O)(=O)C2)sc2ccc(F)cc12. The highest BCUT2D eigenvalue weighted by Gasteiger charge is 2.28. The topological polar surface area (TPSA) is 92.3 Å². The molecule has 1 aromatic heterocycles. The molecule has 0 bridgehead atoms. The minimum Gasteiger partial charge on any atom is -0.354 e. The molecular formula is C18H21FN2O4S2. The summed E-state index contributed by atoms with van der Waals surface area (Å²) in [5.41, 5.74) is 0.677. The van der Waals surface area contributed by atoms with Crippen molar-refractivity contribution < 1.29 is 22.4 Å². The third-order valence-electron chi connectivity index (χ3n) is 4.74. The van der Waals surface area contributed by atoms with Crippen LogP contribution in [0, 0.1) is 18.7 Å². The molecule has 2 N–H and O–H groups in total. The molecule has 0 spiro atoms. The van der Waals surface area contributed by atoms with E-state index in [1.165, 1.54) is 23.5 Å². The summed E-state index contributed by atoms with van der Waals surface area (Å²) in [7, 11) is -2.99. The Balaban J connectivity index is 1.60. The molecule has 1 saturated heterocycles. The highest BCUT2D eigenvalue weighted by atomic mass is 32.2. The summed E-state index contributed by atoms with van der Waals surface area (Å²) in [6.45, 7) is 3.60. The van der Waals surface area contributed by atoms with Gasteiger partial charge in [-0.2, -0.15) is 0 Å². The van der Waals surface area contributed by atoms with Gasteiger partial charge in [0.1, 0.15) is 11.9 Å². The van der Waals surface area contributed by atoms with Gasteiger partial charge in [-0.15, -0.1) is 11.3 Å². The Kier molecular flexibility index (Phi) is 5.53. The number of sulfone groups is 1. The predicted molar refractivity (Wildman–Crippen MR) is 103 cm³/mol. The minimum absolute atomic E-state index is 0.0819. The van der Waals surface area contributed by atoms with E-state index in [0.29, 0.717) is 22.2 Å². The van der Waals surface area contributed by atoms with E-state index in [1.807, 2.05) is 0 Å². The fourth-order valence-electron chi connectivity index (χ4n) is 3.17. The number of halogens is 1. The number of carbonyl (C=O) groups excluding carboxylic acids is 2. The third-order valence-corrected chi connectivity index (χ3v) is 7.85. The molecule has 9 heteroatoms. The first-order valence-corrected chi connectivity index (χ1v) is 11.3. The molecule has 0 saturated carbocycles. The summed E-state index contributed by atoms with van der Waals surface area (Å²) in [5.74, 6) is -0.951. The fourth-order valence-corrected chi connectivity index (χ4v) is 6.12. The van der Waals surface area contributed by atoms with Crippen molar-refractivity contribution in [1.29, 1.82) is 0 Å². The number of amides is 2. The smallest absolute Gasteiger partial charge is 0.262 e. The largest absolute Gasteiger partial charge is 0.354 e. The van der Waals surface area contributed by atoms with Gasteiger partial charge in [-0.05, 0) is 55.3 Å². The Labute approximate surface area is 161 Å². The van der Waals surface area contributed by atoms with Gasteiger partial charge in [-0.1, -0.05) is 0 Å². The van der Waals surface area contributed by atoms with Crippen LogP contribution in [0.1, 0.15) is 28.6 Å². The summed E-state index contributed by atoms with van der Waals surface area (Å²) in [4.78, 5) is 25.2. The Morgan fingerprint density at radius 2 is 2.11 bits per heavy atom. The molecule has 0 radical (unpaired) electrons. The van der Waals surface area contributed by atoms with E-state index in [-0.39, 0.29) is 41.6 Å². The molecule has 2 atom stereocenters. The van der Waals surface area contributed by atoms with Crippen LogP contribution in [-0.4, -0.2) is 44.3 Å². The second kappa shape index (κ2) is 7.55. The first-order chi connectivity index (χ1) is 12.7. The number of hydrogen-bond donors (Lipinski definition) is 2. The zero-order valence-electron chi connectivity index (χ0n) is 15.0. The van der Waals surface area contributed by atoms with Crippen molar-refractivity contribution in [2.24, 2.45) is 5.92 Å². The molecule has 2 heterocycles. The molecule has 1 fully saturated rings. The maximum Gasteiger partial charge on any atom is 0.262 e. The lowest BCUT2D eigenvalue weighted by atomic mass is 10.1. The van der Waals surface area contributed by atoms with Gasteiger partial charge in [0, 0.05) is 11.2 Å². The summed E-state index contributed by atoms with van der Waals surface area (Å²) >= 11 is 1.25. The second-order valence-electron chi connectivity index (χ2n) is 6.91. The summed E-state index contributed by atoms with van der Waals surface area (Å²) in [6, 6.07) is 3.60. The van der Waals surface area contributed by atoms with Gasteiger partial charge in [0.2, 0.25) is 5.91 Å². The lowest BCUT2D eigenvalue weighted by Crippen LogP contribution is -2.46. The van der Waals surface area contributed by atoms with Crippen molar-refractivity contribution in [2.75, 3.05) is 18.1 Å². The Hall–Kier alpha value is -2.00. The normalized spacial score (nSPS) is 19.7. The number of rotatable bonds is 5. The molecule has 2 aromatic rings. The van der Waals surface area contributed by atoms with Gasteiger partial charge < -0.3 is 10.6 Å². The van der Waals surface area contributed by atoms with Crippen LogP contribution in [0.15, 0.2) is 18.2 Å². The highest BCUT2D eigenvalue weighted by molar-refractivity contribution is 7.91. The van der Waals surface area contributed by atoms with Crippen LogP contribution in [0.2, 0.25) is 0 Å². The van der Waals surface area contributed by atoms with Gasteiger partial charge >= 0.3 is 0 Å². The van der Waals surface area contributed by atoms with Crippen LogP contribution in [0.4, 0.5) is 4.39 Å². The standard InChI is InChI=1S/C18H21FN2O4S2/c1-10-14-7-13(19)3-4-15(14)26-16(10)18(23)21-11(2)17(22)20-8-12-5-6-27(24,25)9-12/h3-4,7,11-12H,5-6,8-9H2,1-2H3,(H,20,22)(H,21,23). The zero-order chi connectivity index (χ0) is 19.8. The van der Waals surface area contributed by atoms with Crippen LogP contribution in [-0.2, 0) is 14.6 Å². The van der Waals surface area contributed by atoms with Crippen molar-refractivity contribution in [1.82, 2.24) is 10.6 Å². The fraction of sp³-hybridized carbons (Fsp3) is 0.444. The van der Waals surface area contributed by atoms with E-state index >= 15 is 0 Å². The van der Waals surface area contributed by atoms with Crippen LogP contribution >= 0.6 is 11.3 Å². The van der Waals surface area contributed by atoms with E-state index < -0.39 is 15.9 Å². The van der Waals surface area contributed by atoms with Crippen molar-refractivity contribution in [3.05, 3.63) is 34.5 Å². The lowest BCUT2D eigenvalue weighted by molar-refractivity contribution is -0.122. The maximum absolute atomic E-state index is 13.4. The Morgan fingerprint density at radius 3 is 2.78 bits per heavy atom. The molecular weight excluding hydrogens is 391 g/mol. The molecule has 27 heavy (non-hydrogen) atoms. The van der Waals surface area contributed by atoms with Gasteiger partial charge in [0.25, 0.3) is 5.91 Å². The van der Waals surface area contributed by atoms with Crippen molar-refractivity contribution in [3.8, 4) is 0 Å². The van der Waals surface area contributed by atoms with Crippen molar-refractivity contribution in [2.45, 2.75) is 26.3 Å². The van der Waals surface area contributed by atoms with Gasteiger partial charge in [0.05, 0.1) is 16.4 Å². The molecule has 1 aromatic carbocycles. The van der Waals surface area contributed by atoms with E-state index in [1.54, 1.807) is 19.9 Å². The monoisotopic (exact) mass is 412 g/mol. The van der Waals surface area contributed by atoms with E-state index in [0.717, 1.165) is 4.70 Å². The number of hydrogen-bond acceptors (Lipinski definition) is 5. The molecule has 1 aliphatic heterocycles. The summed E-state index contributed by atoms with van der Waals surface area (Å²) < 4.78 is 37.1. The van der Waals surface area contributed by atoms with Gasteiger partial charge in [-0.3, -0.25) is 9.59 Å². The molecule has 1 aliphatic rings. The maximum atomic E-state index is 13.4. The number of thiophene rings is 1. The van der Waals surface area contributed by atoms with E-state index in [9.17, 15) is 22.4 Å². The summed E-state index contributed by atoms with van der Waals surface area (Å²) in [6.07, 6.45) is 0.543. The molecule has 0 aliphatic carbocycles. The molecule has 2 amide bonds. The molecule has 146 valence electrons. The number of aryl methyl sites for hydroxylation is 1. The van der Waals surface area contributed by atoms with Crippen LogP contribution in [0.5, 0.6) is 0 Å². The van der Waals surface area contributed by atoms with Crippen LogP contribution in [0.25, 0.3) is 10.1 Å². The Bertz CT molecular complexity index is 1000. The number of carbonyl (C=O) groups is 2. The van der Waals surface area contributed by atoms with Crippen molar-refractivity contribution in [3.63, 3.8) is 0 Å². The quantitative estimate of drug-likeness (QED) is 0.786. The minimum atomic E-state index is -2.99. The van der Waals surface area contributed by atoms with Gasteiger partial charge in [-0.25, -0.2) is 12.8 Å². The first-order valence-electron chi connectivity index (χ1n) is 8.64. The average Bonchev–Trinajstić information content (AvgIpc) is 3.12. The van der Waals surface area contributed by atoms with Crippen LogP contribution in [0.3, 0.4) is 0 Å². The first kappa shape index (κ1) is 19.8. The zero-order valence-corrected chi connectivity index (χ0v) is 16.7. The van der Waals surface area contributed by atoms with E-state index in [2.05, 4.69) is 10.6 Å². The average molecular weight is 413 g/mol. The third kappa shape index (κ3) is 4.47. The van der Waals surface area contributed by atoms with Crippen molar-refractivity contribution >= 4 is 43.1 Å². The molecule has 3 rings (SSSR count). The summed E-state index contributed by atoms with van der Waals surface area (Å²) in [5, 5.41) is 6.04. The van der Waals surface area contributed by atoms with E-state index in [4.69, 9.17) is 0 Å². The van der Waals surface area contributed by atoms with Gasteiger partial charge in [0.15, 0.2) is 9.84 Å².